The maximum atomic E-state index is 4.32. The Balaban J connectivity index is 1.78. The Labute approximate surface area is 113 Å². The molecule has 19 heavy (non-hydrogen) atoms. The molecule has 5 heteroatoms. The van der Waals surface area contributed by atoms with Crippen LogP contribution < -0.4 is 5.32 Å². The number of anilines is 1. The molecule has 1 aliphatic carbocycles. The molecule has 0 atom stereocenters. The van der Waals surface area contributed by atoms with Crippen molar-refractivity contribution in [3.63, 3.8) is 0 Å². The molecule has 0 amide bonds. The quantitative estimate of drug-likeness (QED) is 0.918. The van der Waals surface area contributed by atoms with Gasteiger partial charge in [0.05, 0.1) is 0 Å². The fourth-order valence-corrected chi connectivity index (χ4v) is 2.63. The van der Waals surface area contributed by atoms with Gasteiger partial charge in [-0.15, -0.1) is 0 Å². The summed E-state index contributed by atoms with van der Waals surface area (Å²) < 4.78 is 1.97. The normalized spacial score (nSPS) is 16.5. The van der Waals surface area contributed by atoms with E-state index >= 15 is 0 Å². The lowest BCUT2D eigenvalue weighted by molar-refractivity contribution is 0.462. The lowest BCUT2D eigenvalue weighted by Gasteiger charge is -2.23. The minimum Gasteiger partial charge on any atom is -0.367 e. The first-order chi connectivity index (χ1) is 9.33. The second kappa shape index (κ2) is 5.38. The highest BCUT2D eigenvalue weighted by molar-refractivity contribution is 5.41. The number of nitrogens with zero attached hydrogens (tertiary/aromatic N) is 4. The SMILES string of the molecule is Cc1nccn1-c1cc(NC2CCCCC2)ncn1. The third-order valence-electron chi connectivity index (χ3n) is 3.68. The Morgan fingerprint density at radius 2 is 2.00 bits per heavy atom. The van der Waals surface area contributed by atoms with Crippen LogP contribution in [0.1, 0.15) is 37.9 Å². The van der Waals surface area contributed by atoms with Crippen LogP contribution in [0.4, 0.5) is 5.82 Å². The van der Waals surface area contributed by atoms with Gasteiger partial charge in [0.25, 0.3) is 0 Å². The van der Waals surface area contributed by atoms with Crippen molar-refractivity contribution in [1.29, 1.82) is 0 Å². The van der Waals surface area contributed by atoms with Crippen LogP contribution in [0.25, 0.3) is 5.82 Å². The Morgan fingerprint density at radius 3 is 2.74 bits per heavy atom. The van der Waals surface area contributed by atoms with E-state index in [1.165, 1.54) is 32.1 Å². The van der Waals surface area contributed by atoms with E-state index in [0.29, 0.717) is 6.04 Å². The molecule has 0 unspecified atom stereocenters. The topological polar surface area (TPSA) is 55.6 Å². The number of hydrogen-bond acceptors (Lipinski definition) is 4. The molecule has 3 rings (SSSR count). The largest absolute Gasteiger partial charge is 0.367 e. The molecule has 2 aromatic rings. The van der Waals surface area contributed by atoms with Gasteiger partial charge in [0, 0.05) is 24.5 Å². The predicted octanol–water partition coefficient (Wildman–Crippen LogP) is 2.72. The smallest absolute Gasteiger partial charge is 0.143 e. The molecule has 1 aliphatic rings. The molecule has 2 aromatic heterocycles. The molecule has 0 bridgehead atoms. The summed E-state index contributed by atoms with van der Waals surface area (Å²) in [6.45, 7) is 1.97. The molecule has 100 valence electrons. The van der Waals surface area contributed by atoms with E-state index < -0.39 is 0 Å². The third kappa shape index (κ3) is 2.75. The molecule has 1 N–H and O–H groups in total. The molecular weight excluding hydrogens is 238 g/mol. The van der Waals surface area contributed by atoms with Crippen LogP contribution in [0.15, 0.2) is 24.8 Å². The van der Waals surface area contributed by atoms with Crippen molar-refractivity contribution in [3.8, 4) is 5.82 Å². The fraction of sp³-hybridized carbons (Fsp3) is 0.500. The average molecular weight is 257 g/mol. The highest BCUT2D eigenvalue weighted by Gasteiger charge is 2.14. The maximum absolute atomic E-state index is 4.32. The van der Waals surface area contributed by atoms with Gasteiger partial charge in [-0.25, -0.2) is 15.0 Å². The Kier molecular flexibility index (Phi) is 3.44. The van der Waals surface area contributed by atoms with Crippen LogP contribution in [-0.2, 0) is 0 Å². The van der Waals surface area contributed by atoms with Crippen molar-refractivity contribution in [1.82, 2.24) is 19.5 Å². The zero-order chi connectivity index (χ0) is 13.1. The van der Waals surface area contributed by atoms with E-state index in [0.717, 1.165) is 17.5 Å². The maximum Gasteiger partial charge on any atom is 0.143 e. The van der Waals surface area contributed by atoms with Gasteiger partial charge in [-0.3, -0.25) is 4.57 Å². The van der Waals surface area contributed by atoms with Gasteiger partial charge in [0.1, 0.15) is 23.8 Å². The van der Waals surface area contributed by atoms with Crippen molar-refractivity contribution < 1.29 is 0 Å². The highest BCUT2D eigenvalue weighted by Crippen LogP contribution is 2.21. The molecule has 5 nitrogen and oxygen atoms in total. The van der Waals surface area contributed by atoms with Crippen LogP contribution in [0.2, 0.25) is 0 Å². The minimum atomic E-state index is 0.556. The Hall–Kier alpha value is -1.91. The van der Waals surface area contributed by atoms with Crippen molar-refractivity contribution in [3.05, 3.63) is 30.6 Å². The second-order valence-electron chi connectivity index (χ2n) is 5.09. The van der Waals surface area contributed by atoms with Crippen LogP contribution in [-0.4, -0.2) is 25.6 Å². The highest BCUT2D eigenvalue weighted by atomic mass is 15.1. The van der Waals surface area contributed by atoms with E-state index in [-0.39, 0.29) is 0 Å². The third-order valence-corrected chi connectivity index (χ3v) is 3.68. The molecule has 0 aromatic carbocycles. The first-order valence-electron chi connectivity index (χ1n) is 6.92. The van der Waals surface area contributed by atoms with Crippen LogP contribution in [0.3, 0.4) is 0 Å². The van der Waals surface area contributed by atoms with Gasteiger partial charge in [0.2, 0.25) is 0 Å². The van der Waals surface area contributed by atoms with E-state index in [1.807, 2.05) is 23.8 Å². The summed E-state index contributed by atoms with van der Waals surface area (Å²) in [5, 5.41) is 3.52. The van der Waals surface area contributed by atoms with Gasteiger partial charge in [-0.05, 0) is 19.8 Å². The summed E-state index contributed by atoms with van der Waals surface area (Å²) in [7, 11) is 0. The van der Waals surface area contributed by atoms with E-state index in [2.05, 4.69) is 20.3 Å². The van der Waals surface area contributed by atoms with Gasteiger partial charge in [-0.1, -0.05) is 19.3 Å². The zero-order valence-corrected chi connectivity index (χ0v) is 11.2. The predicted molar refractivity (Wildman–Crippen MR) is 74.4 cm³/mol. The number of aromatic nitrogens is 4. The van der Waals surface area contributed by atoms with Crippen molar-refractivity contribution >= 4 is 5.82 Å². The van der Waals surface area contributed by atoms with E-state index in [4.69, 9.17) is 0 Å². The lowest BCUT2D eigenvalue weighted by Crippen LogP contribution is -2.23. The number of nitrogens with one attached hydrogen (secondary N) is 1. The standard InChI is InChI=1S/C14H19N5/c1-11-15-7-8-19(11)14-9-13(16-10-17-14)18-12-5-3-2-4-6-12/h7-10,12H,2-6H2,1H3,(H,16,17,18). The first-order valence-corrected chi connectivity index (χ1v) is 6.92. The number of hydrogen-bond donors (Lipinski definition) is 1. The van der Waals surface area contributed by atoms with Gasteiger partial charge < -0.3 is 5.32 Å². The molecule has 0 aliphatic heterocycles. The Bertz CT molecular complexity index is 542. The molecule has 1 fully saturated rings. The first kappa shape index (κ1) is 12.1. The van der Waals surface area contributed by atoms with Gasteiger partial charge in [-0.2, -0.15) is 0 Å². The molecule has 1 saturated carbocycles. The summed E-state index contributed by atoms with van der Waals surface area (Å²) in [6.07, 6.45) is 11.8. The molecule has 2 heterocycles. The second-order valence-corrected chi connectivity index (χ2v) is 5.09. The van der Waals surface area contributed by atoms with E-state index in [9.17, 15) is 0 Å². The van der Waals surface area contributed by atoms with Crippen LogP contribution in [0.5, 0.6) is 0 Å². The zero-order valence-electron chi connectivity index (χ0n) is 11.2. The Morgan fingerprint density at radius 1 is 1.16 bits per heavy atom. The number of rotatable bonds is 3. The summed E-state index contributed by atoms with van der Waals surface area (Å²) in [4.78, 5) is 12.8. The summed E-state index contributed by atoms with van der Waals surface area (Å²) >= 11 is 0. The molecule has 0 saturated heterocycles. The van der Waals surface area contributed by atoms with Crippen molar-refractivity contribution in [2.24, 2.45) is 0 Å². The molecule has 0 spiro atoms. The van der Waals surface area contributed by atoms with E-state index in [1.54, 1.807) is 12.5 Å². The van der Waals surface area contributed by atoms with Crippen LogP contribution in [0, 0.1) is 6.92 Å². The van der Waals surface area contributed by atoms with Crippen molar-refractivity contribution in [2.75, 3.05) is 5.32 Å². The van der Waals surface area contributed by atoms with Gasteiger partial charge >= 0.3 is 0 Å². The fourth-order valence-electron chi connectivity index (χ4n) is 2.63. The number of aryl methyl sites for hydroxylation is 1. The average Bonchev–Trinajstić information content (AvgIpc) is 2.86. The number of imidazole rings is 1. The van der Waals surface area contributed by atoms with Crippen LogP contribution >= 0.6 is 0 Å². The summed E-state index contributed by atoms with van der Waals surface area (Å²) in [6, 6.07) is 2.55. The molecule has 0 radical (unpaired) electrons. The lowest BCUT2D eigenvalue weighted by atomic mass is 9.95. The summed E-state index contributed by atoms with van der Waals surface area (Å²) in [5.74, 6) is 2.70. The monoisotopic (exact) mass is 257 g/mol. The van der Waals surface area contributed by atoms with Crippen molar-refractivity contribution in [2.45, 2.75) is 45.1 Å². The summed E-state index contributed by atoms with van der Waals surface area (Å²) in [5.41, 5.74) is 0. The van der Waals surface area contributed by atoms with Gasteiger partial charge in [0.15, 0.2) is 0 Å². The molecular formula is C14H19N5. The minimum absolute atomic E-state index is 0.556.